The van der Waals surface area contributed by atoms with Crippen molar-refractivity contribution in [1.82, 2.24) is 4.98 Å². The van der Waals surface area contributed by atoms with Crippen LogP contribution in [0.5, 0.6) is 0 Å². The van der Waals surface area contributed by atoms with E-state index < -0.39 is 0 Å². The van der Waals surface area contributed by atoms with Gasteiger partial charge in [0.15, 0.2) is 0 Å². The zero-order chi connectivity index (χ0) is 12.6. The van der Waals surface area contributed by atoms with Crippen molar-refractivity contribution < 1.29 is 0 Å². The molecular weight excluding hydrogens is 257 g/mol. The molecule has 1 aromatic carbocycles. The molecule has 1 heterocycles. The highest BCUT2D eigenvalue weighted by Crippen LogP contribution is 2.32. The second-order valence-electron chi connectivity index (χ2n) is 4.18. The van der Waals surface area contributed by atoms with E-state index in [-0.39, 0.29) is 0 Å². The van der Waals surface area contributed by atoms with Crippen molar-refractivity contribution >= 4 is 39.9 Å². The third kappa shape index (κ3) is 2.32. The van der Waals surface area contributed by atoms with Crippen molar-refractivity contribution in [2.45, 2.75) is 19.8 Å². The molecule has 0 saturated carbocycles. The van der Waals surface area contributed by atoms with Gasteiger partial charge in [-0.3, -0.25) is 0 Å². The van der Waals surface area contributed by atoms with E-state index in [4.69, 9.17) is 29.0 Å². The number of anilines is 1. The summed E-state index contributed by atoms with van der Waals surface area (Å²) in [6, 6.07) is 5.49. The first-order valence-corrected chi connectivity index (χ1v) is 6.05. The largest absolute Gasteiger partial charge is 0.308 e. The number of benzene rings is 1. The Balaban J connectivity index is 2.78. The Hall–Kier alpha value is -1.03. The summed E-state index contributed by atoms with van der Waals surface area (Å²) in [6.45, 7) is 4.15. The molecule has 0 bridgehead atoms. The first-order chi connectivity index (χ1) is 8.02. The standard InChI is InChI=1S/C12H13Cl2N3/c1-6(2)8-5-9-10(14)3-7(13)4-11(9)16-12(8)17-15/h3-6H,15H2,1-2H3,(H,16,17). The summed E-state index contributed by atoms with van der Waals surface area (Å²) in [5.74, 6) is 6.45. The predicted molar refractivity (Wildman–Crippen MR) is 73.7 cm³/mol. The van der Waals surface area contributed by atoms with Crippen molar-refractivity contribution in [1.29, 1.82) is 0 Å². The van der Waals surface area contributed by atoms with Crippen LogP contribution in [0.3, 0.4) is 0 Å². The topological polar surface area (TPSA) is 50.9 Å². The number of hydrazine groups is 1. The van der Waals surface area contributed by atoms with Crippen LogP contribution in [0, 0.1) is 0 Å². The van der Waals surface area contributed by atoms with E-state index in [1.165, 1.54) is 0 Å². The number of nitrogens with one attached hydrogen (secondary N) is 1. The van der Waals surface area contributed by atoms with E-state index >= 15 is 0 Å². The van der Waals surface area contributed by atoms with E-state index in [0.717, 1.165) is 16.5 Å². The number of pyridine rings is 1. The number of fused-ring (bicyclic) bond motifs is 1. The van der Waals surface area contributed by atoms with Gasteiger partial charge in [0.1, 0.15) is 5.82 Å². The minimum absolute atomic E-state index is 0.310. The highest BCUT2D eigenvalue weighted by Gasteiger charge is 2.11. The quantitative estimate of drug-likeness (QED) is 0.641. The molecule has 0 aliphatic heterocycles. The Morgan fingerprint density at radius 1 is 1.24 bits per heavy atom. The van der Waals surface area contributed by atoms with Crippen LogP contribution in [0.2, 0.25) is 10.0 Å². The predicted octanol–water partition coefficient (Wildman–Crippen LogP) is 3.95. The average molecular weight is 270 g/mol. The van der Waals surface area contributed by atoms with Crippen LogP contribution in [-0.4, -0.2) is 4.98 Å². The average Bonchev–Trinajstić information content (AvgIpc) is 2.26. The van der Waals surface area contributed by atoms with Gasteiger partial charge in [-0.1, -0.05) is 37.0 Å². The first-order valence-electron chi connectivity index (χ1n) is 5.29. The van der Waals surface area contributed by atoms with Crippen molar-refractivity contribution in [3.63, 3.8) is 0 Å². The minimum atomic E-state index is 0.310. The van der Waals surface area contributed by atoms with Crippen LogP contribution in [0.15, 0.2) is 18.2 Å². The fourth-order valence-corrected chi connectivity index (χ4v) is 2.31. The zero-order valence-corrected chi connectivity index (χ0v) is 11.1. The van der Waals surface area contributed by atoms with Gasteiger partial charge < -0.3 is 5.43 Å². The molecular formula is C12H13Cl2N3. The molecule has 0 unspecified atom stereocenters. The van der Waals surface area contributed by atoms with Crippen LogP contribution in [-0.2, 0) is 0 Å². The van der Waals surface area contributed by atoms with Crippen molar-refractivity contribution in [2.24, 2.45) is 5.84 Å². The Kier molecular flexibility index (Phi) is 3.43. The summed E-state index contributed by atoms with van der Waals surface area (Å²) >= 11 is 12.1. The molecule has 5 heteroatoms. The fraction of sp³-hybridized carbons (Fsp3) is 0.250. The van der Waals surface area contributed by atoms with E-state index in [1.54, 1.807) is 12.1 Å². The van der Waals surface area contributed by atoms with E-state index in [0.29, 0.717) is 21.8 Å². The molecule has 3 nitrogen and oxygen atoms in total. The molecule has 0 aliphatic rings. The van der Waals surface area contributed by atoms with Crippen molar-refractivity contribution in [2.75, 3.05) is 5.43 Å². The first kappa shape index (κ1) is 12.4. The molecule has 3 N–H and O–H groups in total. The maximum absolute atomic E-state index is 6.16. The van der Waals surface area contributed by atoms with Gasteiger partial charge in [0.25, 0.3) is 0 Å². The number of nitrogens with zero attached hydrogens (tertiary/aromatic N) is 1. The summed E-state index contributed by atoms with van der Waals surface area (Å²) in [4.78, 5) is 4.43. The Morgan fingerprint density at radius 3 is 2.53 bits per heavy atom. The molecule has 2 rings (SSSR count). The third-order valence-electron chi connectivity index (χ3n) is 2.64. The Labute approximate surface area is 110 Å². The number of halogens is 2. The zero-order valence-electron chi connectivity index (χ0n) is 9.59. The van der Waals surface area contributed by atoms with Crippen LogP contribution >= 0.6 is 23.2 Å². The maximum atomic E-state index is 6.16. The number of nitrogens with two attached hydrogens (primary N) is 1. The van der Waals surface area contributed by atoms with Crippen LogP contribution in [0.4, 0.5) is 5.82 Å². The molecule has 0 spiro atoms. The molecule has 0 aliphatic carbocycles. The lowest BCUT2D eigenvalue weighted by Crippen LogP contribution is -2.12. The molecule has 0 saturated heterocycles. The lowest BCUT2D eigenvalue weighted by Gasteiger charge is -2.13. The minimum Gasteiger partial charge on any atom is -0.308 e. The van der Waals surface area contributed by atoms with Crippen molar-refractivity contribution in [3.8, 4) is 0 Å². The van der Waals surface area contributed by atoms with Gasteiger partial charge in [0, 0.05) is 10.4 Å². The van der Waals surface area contributed by atoms with Crippen LogP contribution in [0.25, 0.3) is 10.9 Å². The summed E-state index contributed by atoms with van der Waals surface area (Å²) in [6.07, 6.45) is 0. The van der Waals surface area contributed by atoms with Crippen molar-refractivity contribution in [3.05, 3.63) is 33.8 Å². The highest BCUT2D eigenvalue weighted by atomic mass is 35.5. The summed E-state index contributed by atoms with van der Waals surface area (Å²) in [5.41, 5.74) is 4.38. The fourth-order valence-electron chi connectivity index (χ4n) is 1.77. The second-order valence-corrected chi connectivity index (χ2v) is 5.02. The second kappa shape index (κ2) is 4.69. The Bertz CT molecular complexity index is 567. The van der Waals surface area contributed by atoms with E-state index in [2.05, 4.69) is 24.3 Å². The number of rotatable bonds is 2. The summed E-state index contributed by atoms with van der Waals surface area (Å²) < 4.78 is 0. The molecule has 0 amide bonds. The number of nitrogen functional groups attached to an aromatic ring is 1. The molecule has 90 valence electrons. The molecule has 0 atom stereocenters. The van der Waals surface area contributed by atoms with Crippen LogP contribution < -0.4 is 11.3 Å². The normalized spacial score (nSPS) is 11.2. The molecule has 1 aromatic heterocycles. The van der Waals surface area contributed by atoms with Gasteiger partial charge in [-0.2, -0.15) is 0 Å². The number of hydrogen-bond donors (Lipinski definition) is 2. The molecule has 2 aromatic rings. The van der Waals surface area contributed by atoms with Gasteiger partial charge >= 0.3 is 0 Å². The lowest BCUT2D eigenvalue weighted by molar-refractivity contribution is 0.862. The molecule has 0 fully saturated rings. The summed E-state index contributed by atoms with van der Waals surface area (Å²) in [5, 5.41) is 2.06. The number of aromatic nitrogens is 1. The van der Waals surface area contributed by atoms with Gasteiger partial charge in [-0.15, -0.1) is 0 Å². The van der Waals surface area contributed by atoms with E-state index in [9.17, 15) is 0 Å². The number of hydrogen-bond acceptors (Lipinski definition) is 3. The van der Waals surface area contributed by atoms with Gasteiger partial charge in [-0.25, -0.2) is 10.8 Å². The smallest absolute Gasteiger partial charge is 0.144 e. The summed E-state index contributed by atoms with van der Waals surface area (Å²) in [7, 11) is 0. The monoisotopic (exact) mass is 269 g/mol. The molecule has 17 heavy (non-hydrogen) atoms. The van der Waals surface area contributed by atoms with Gasteiger partial charge in [-0.05, 0) is 29.7 Å². The van der Waals surface area contributed by atoms with E-state index in [1.807, 2.05) is 6.07 Å². The molecule has 0 radical (unpaired) electrons. The third-order valence-corrected chi connectivity index (χ3v) is 3.17. The highest BCUT2D eigenvalue weighted by molar-refractivity contribution is 6.38. The Morgan fingerprint density at radius 2 is 1.94 bits per heavy atom. The SMILES string of the molecule is CC(C)c1cc2c(Cl)cc(Cl)cc2nc1NN. The lowest BCUT2D eigenvalue weighted by atomic mass is 10.0. The maximum Gasteiger partial charge on any atom is 0.144 e. The van der Waals surface area contributed by atoms with Gasteiger partial charge in [0.05, 0.1) is 10.5 Å². The van der Waals surface area contributed by atoms with Crippen LogP contribution in [0.1, 0.15) is 25.3 Å². The van der Waals surface area contributed by atoms with Gasteiger partial charge in [0.2, 0.25) is 0 Å².